The van der Waals surface area contributed by atoms with E-state index in [0.717, 1.165) is 16.8 Å². The fourth-order valence-electron chi connectivity index (χ4n) is 1.26. The highest BCUT2D eigenvalue weighted by Gasteiger charge is 2.00. The Morgan fingerprint density at radius 1 is 1.54 bits per heavy atom. The predicted octanol–water partition coefficient (Wildman–Crippen LogP) is 3.46. The Morgan fingerprint density at radius 3 is 2.77 bits per heavy atom. The summed E-state index contributed by atoms with van der Waals surface area (Å²) in [7, 11) is 0. The summed E-state index contributed by atoms with van der Waals surface area (Å²) >= 11 is 0. The molecular weight excluding hydrogens is 158 g/mol. The molecule has 1 heteroatoms. The maximum atomic E-state index is 4.25. The van der Waals surface area contributed by atoms with E-state index in [1.54, 1.807) is 0 Å². The van der Waals surface area contributed by atoms with Crippen molar-refractivity contribution >= 4 is 11.6 Å². The van der Waals surface area contributed by atoms with Gasteiger partial charge in [0, 0.05) is 17.5 Å². The molecule has 68 valence electrons. The summed E-state index contributed by atoms with van der Waals surface area (Å²) in [6.07, 6.45) is 5.99. The molecule has 0 atom stereocenters. The lowest BCUT2D eigenvalue weighted by atomic mass is 10.0. The highest BCUT2D eigenvalue weighted by molar-refractivity contribution is 5.71. The summed E-state index contributed by atoms with van der Waals surface area (Å²) in [5.74, 6) is 0. The largest absolute Gasteiger partial charge is 0.261 e. The molecule has 13 heavy (non-hydrogen) atoms. The first-order chi connectivity index (χ1) is 6.15. The number of hydrogen-bond acceptors (Lipinski definition) is 1. The molecule has 1 aromatic rings. The van der Waals surface area contributed by atoms with Crippen LogP contribution in [-0.2, 0) is 0 Å². The van der Waals surface area contributed by atoms with Crippen molar-refractivity contribution in [2.24, 2.45) is 0 Å². The van der Waals surface area contributed by atoms with Crippen LogP contribution in [0.3, 0.4) is 0 Å². The SMILES string of the molecule is C=C(C)c1cnc(C)cc1/C=C\C. The van der Waals surface area contributed by atoms with Gasteiger partial charge in [-0.15, -0.1) is 0 Å². The van der Waals surface area contributed by atoms with Crippen molar-refractivity contribution in [1.82, 2.24) is 4.98 Å². The average molecular weight is 173 g/mol. The van der Waals surface area contributed by atoms with E-state index in [4.69, 9.17) is 0 Å². The predicted molar refractivity (Wildman–Crippen MR) is 58.4 cm³/mol. The first-order valence-electron chi connectivity index (χ1n) is 4.40. The third kappa shape index (κ3) is 2.28. The molecule has 0 N–H and O–H groups in total. The number of nitrogens with zero attached hydrogens (tertiary/aromatic N) is 1. The maximum absolute atomic E-state index is 4.25. The van der Waals surface area contributed by atoms with Crippen LogP contribution in [0.1, 0.15) is 30.7 Å². The molecule has 1 aromatic heterocycles. The standard InChI is InChI=1S/C12H15N/c1-5-6-11-7-10(4)13-8-12(11)9(2)3/h5-8H,2H2,1,3-4H3/b6-5-. The van der Waals surface area contributed by atoms with Gasteiger partial charge in [0.15, 0.2) is 0 Å². The molecule has 0 radical (unpaired) electrons. The summed E-state index contributed by atoms with van der Waals surface area (Å²) in [6, 6.07) is 2.07. The van der Waals surface area contributed by atoms with E-state index in [1.165, 1.54) is 5.56 Å². The Morgan fingerprint density at radius 2 is 2.23 bits per heavy atom. The van der Waals surface area contributed by atoms with Gasteiger partial charge in [-0.3, -0.25) is 4.98 Å². The van der Waals surface area contributed by atoms with E-state index < -0.39 is 0 Å². The smallest absolute Gasteiger partial charge is 0.0379 e. The van der Waals surface area contributed by atoms with E-state index in [-0.39, 0.29) is 0 Å². The van der Waals surface area contributed by atoms with Crippen LogP contribution in [0.4, 0.5) is 0 Å². The zero-order chi connectivity index (χ0) is 9.84. The van der Waals surface area contributed by atoms with E-state index in [1.807, 2.05) is 33.0 Å². The molecule has 0 aliphatic rings. The highest BCUT2D eigenvalue weighted by Crippen LogP contribution is 2.18. The van der Waals surface area contributed by atoms with Crippen LogP contribution < -0.4 is 0 Å². The van der Waals surface area contributed by atoms with Gasteiger partial charge in [0.1, 0.15) is 0 Å². The zero-order valence-electron chi connectivity index (χ0n) is 8.46. The summed E-state index contributed by atoms with van der Waals surface area (Å²) in [6.45, 7) is 9.93. The second-order valence-electron chi connectivity index (χ2n) is 3.19. The first kappa shape index (κ1) is 9.72. The minimum Gasteiger partial charge on any atom is -0.261 e. The second kappa shape index (κ2) is 4.04. The highest BCUT2D eigenvalue weighted by atomic mass is 14.7. The average Bonchev–Trinajstić information content (AvgIpc) is 2.04. The van der Waals surface area contributed by atoms with E-state index in [9.17, 15) is 0 Å². The Bertz CT molecular complexity index is 348. The third-order valence-corrected chi connectivity index (χ3v) is 1.88. The Labute approximate surface area is 79.8 Å². The normalized spacial score (nSPS) is 10.7. The van der Waals surface area contributed by atoms with Crippen molar-refractivity contribution in [3.05, 3.63) is 41.7 Å². The van der Waals surface area contributed by atoms with Crippen LogP contribution in [0.5, 0.6) is 0 Å². The molecule has 0 aliphatic heterocycles. The fraction of sp³-hybridized carbons (Fsp3) is 0.250. The summed E-state index contributed by atoms with van der Waals surface area (Å²) in [5, 5.41) is 0. The molecule has 1 heterocycles. The van der Waals surface area contributed by atoms with Crippen LogP contribution in [0.15, 0.2) is 24.9 Å². The van der Waals surface area contributed by atoms with Gasteiger partial charge >= 0.3 is 0 Å². The molecule has 0 saturated carbocycles. The molecule has 0 fully saturated rings. The van der Waals surface area contributed by atoms with Crippen LogP contribution in [0.2, 0.25) is 0 Å². The molecule has 0 aliphatic carbocycles. The van der Waals surface area contributed by atoms with Gasteiger partial charge in [-0.2, -0.15) is 0 Å². The molecule has 0 bridgehead atoms. The van der Waals surface area contributed by atoms with Crippen LogP contribution in [0.25, 0.3) is 11.6 Å². The number of allylic oxidation sites excluding steroid dienone is 2. The van der Waals surface area contributed by atoms with Crippen LogP contribution >= 0.6 is 0 Å². The number of rotatable bonds is 2. The minimum atomic E-state index is 1.04. The number of hydrogen-bond donors (Lipinski definition) is 0. The monoisotopic (exact) mass is 173 g/mol. The first-order valence-corrected chi connectivity index (χ1v) is 4.40. The molecule has 1 rings (SSSR count). The fourth-order valence-corrected chi connectivity index (χ4v) is 1.26. The molecule has 1 nitrogen and oxygen atoms in total. The van der Waals surface area contributed by atoms with Gasteiger partial charge in [-0.05, 0) is 38.0 Å². The van der Waals surface area contributed by atoms with Crippen molar-refractivity contribution in [2.45, 2.75) is 20.8 Å². The van der Waals surface area contributed by atoms with Gasteiger partial charge in [0.25, 0.3) is 0 Å². The van der Waals surface area contributed by atoms with Gasteiger partial charge in [0.05, 0.1) is 0 Å². The van der Waals surface area contributed by atoms with E-state index in [0.29, 0.717) is 0 Å². The van der Waals surface area contributed by atoms with Crippen molar-refractivity contribution in [3.63, 3.8) is 0 Å². The third-order valence-electron chi connectivity index (χ3n) is 1.88. The van der Waals surface area contributed by atoms with Gasteiger partial charge in [0.2, 0.25) is 0 Å². The topological polar surface area (TPSA) is 12.9 Å². The molecule has 0 amide bonds. The van der Waals surface area contributed by atoms with E-state index in [2.05, 4.69) is 23.7 Å². The molecule has 0 saturated heterocycles. The van der Waals surface area contributed by atoms with Gasteiger partial charge in [-0.25, -0.2) is 0 Å². The van der Waals surface area contributed by atoms with Gasteiger partial charge < -0.3 is 0 Å². The molecular formula is C12H15N. The lowest BCUT2D eigenvalue weighted by Crippen LogP contribution is -1.89. The van der Waals surface area contributed by atoms with Crippen LogP contribution in [0, 0.1) is 6.92 Å². The number of aromatic nitrogens is 1. The Balaban J connectivity index is 3.26. The lowest BCUT2D eigenvalue weighted by Gasteiger charge is -2.05. The number of pyridine rings is 1. The van der Waals surface area contributed by atoms with E-state index >= 15 is 0 Å². The Kier molecular flexibility index (Phi) is 3.02. The lowest BCUT2D eigenvalue weighted by molar-refractivity contribution is 1.18. The van der Waals surface area contributed by atoms with Gasteiger partial charge in [-0.1, -0.05) is 18.7 Å². The molecule has 0 unspecified atom stereocenters. The minimum absolute atomic E-state index is 1.04. The van der Waals surface area contributed by atoms with Crippen LogP contribution in [-0.4, -0.2) is 4.98 Å². The maximum Gasteiger partial charge on any atom is 0.0379 e. The summed E-state index contributed by atoms with van der Waals surface area (Å²) < 4.78 is 0. The second-order valence-corrected chi connectivity index (χ2v) is 3.19. The summed E-state index contributed by atoms with van der Waals surface area (Å²) in [5.41, 5.74) is 4.42. The molecule has 0 spiro atoms. The van der Waals surface area contributed by atoms with Crippen molar-refractivity contribution < 1.29 is 0 Å². The summed E-state index contributed by atoms with van der Waals surface area (Å²) in [4.78, 5) is 4.25. The number of aryl methyl sites for hydroxylation is 1. The Hall–Kier alpha value is -1.37. The molecule has 0 aromatic carbocycles. The van der Waals surface area contributed by atoms with Crippen molar-refractivity contribution in [3.8, 4) is 0 Å². The van der Waals surface area contributed by atoms with Crippen molar-refractivity contribution in [2.75, 3.05) is 0 Å². The quantitative estimate of drug-likeness (QED) is 0.667. The van der Waals surface area contributed by atoms with Crippen molar-refractivity contribution in [1.29, 1.82) is 0 Å². The zero-order valence-corrected chi connectivity index (χ0v) is 8.46.